The van der Waals surface area contributed by atoms with Crippen LogP contribution in [0, 0.1) is 0 Å². The average molecular weight is 381 g/mol. The molecule has 0 aromatic carbocycles. The van der Waals surface area contributed by atoms with E-state index in [0.717, 1.165) is 30.6 Å². The Labute approximate surface area is 133 Å². The third-order valence-electron chi connectivity index (χ3n) is 3.64. The molecule has 1 saturated heterocycles. The number of sulfonamides is 1. The van der Waals surface area contributed by atoms with E-state index in [0.29, 0.717) is 21.8 Å². The van der Waals surface area contributed by atoms with Crippen LogP contribution >= 0.6 is 27.3 Å². The fraction of sp³-hybridized carbons (Fsp3) is 0.692. The van der Waals surface area contributed by atoms with Crippen LogP contribution in [0.4, 0.5) is 0 Å². The van der Waals surface area contributed by atoms with Crippen LogP contribution in [-0.4, -0.2) is 32.4 Å². The highest BCUT2D eigenvalue weighted by molar-refractivity contribution is 9.11. The molecule has 4 nitrogen and oxygen atoms in total. The molecule has 0 saturated carbocycles. The monoisotopic (exact) mass is 380 g/mol. The van der Waals surface area contributed by atoms with Crippen molar-refractivity contribution in [3.63, 3.8) is 0 Å². The first-order valence-electron chi connectivity index (χ1n) is 6.91. The first-order chi connectivity index (χ1) is 9.46. The predicted octanol–water partition coefficient (Wildman–Crippen LogP) is 3.18. The lowest BCUT2D eigenvalue weighted by atomic mass is 10.1. The zero-order valence-corrected chi connectivity index (χ0v) is 15.1. The minimum Gasteiger partial charge on any atom is -0.315 e. The quantitative estimate of drug-likeness (QED) is 0.872. The molecule has 0 amide bonds. The van der Waals surface area contributed by atoms with Crippen LogP contribution in [0.5, 0.6) is 0 Å². The first kappa shape index (κ1) is 16.4. The number of hydrogen-bond donors (Lipinski definition) is 1. The molecule has 0 spiro atoms. The number of nitrogens with zero attached hydrogens (tertiary/aromatic N) is 1. The molecule has 1 unspecified atom stereocenters. The molecule has 20 heavy (non-hydrogen) atoms. The van der Waals surface area contributed by atoms with Crippen LogP contribution in [0.25, 0.3) is 0 Å². The second-order valence-corrected chi connectivity index (χ2v) is 9.51. The molecule has 1 fully saturated rings. The Hall–Kier alpha value is 0.0500. The summed E-state index contributed by atoms with van der Waals surface area (Å²) in [4.78, 5) is 1.45. The Morgan fingerprint density at radius 1 is 1.45 bits per heavy atom. The van der Waals surface area contributed by atoms with Crippen molar-refractivity contribution in [2.24, 2.45) is 0 Å². The normalized spacial score (nSPS) is 21.9. The zero-order chi connectivity index (χ0) is 14.8. The van der Waals surface area contributed by atoms with Crippen LogP contribution in [0.15, 0.2) is 14.7 Å². The Balaban J connectivity index is 2.33. The molecule has 0 bridgehead atoms. The van der Waals surface area contributed by atoms with Gasteiger partial charge in [-0.2, -0.15) is 4.31 Å². The Kier molecular flexibility index (Phi) is 5.64. The lowest BCUT2D eigenvalue weighted by molar-refractivity contribution is 0.342. The van der Waals surface area contributed by atoms with Crippen molar-refractivity contribution >= 4 is 37.3 Å². The van der Waals surface area contributed by atoms with E-state index in [1.807, 2.05) is 14.0 Å². The van der Waals surface area contributed by atoms with E-state index in [1.165, 1.54) is 11.3 Å². The summed E-state index contributed by atoms with van der Waals surface area (Å²) in [6.07, 6.45) is 4.13. The largest absolute Gasteiger partial charge is 0.315 e. The Morgan fingerprint density at radius 3 is 2.90 bits per heavy atom. The van der Waals surface area contributed by atoms with Crippen LogP contribution in [-0.2, 0) is 16.6 Å². The number of halogens is 1. The predicted molar refractivity (Wildman–Crippen MR) is 86.6 cm³/mol. The maximum absolute atomic E-state index is 12.9. The second kappa shape index (κ2) is 6.87. The summed E-state index contributed by atoms with van der Waals surface area (Å²) in [7, 11) is -1.53. The van der Waals surface area contributed by atoms with Crippen LogP contribution in [0.1, 0.15) is 37.5 Å². The van der Waals surface area contributed by atoms with Gasteiger partial charge in [0, 0.05) is 24.0 Å². The van der Waals surface area contributed by atoms with E-state index < -0.39 is 10.0 Å². The van der Waals surface area contributed by atoms with Gasteiger partial charge in [0.2, 0.25) is 10.0 Å². The standard InChI is InChI=1S/C13H21BrN2O2S2/c1-10-6-4-3-5-7-16(10)20(17,18)12-8-11(9-15-2)19-13(12)14/h8,10,15H,3-7,9H2,1-2H3. The second-order valence-electron chi connectivity index (χ2n) is 5.20. The topological polar surface area (TPSA) is 49.4 Å². The van der Waals surface area contributed by atoms with Crippen LogP contribution in [0.2, 0.25) is 0 Å². The number of thiophene rings is 1. The molecule has 1 atom stereocenters. The molecular weight excluding hydrogens is 360 g/mol. The molecule has 1 N–H and O–H groups in total. The van der Waals surface area contributed by atoms with Crippen LogP contribution < -0.4 is 5.32 Å². The third kappa shape index (κ3) is 3.44. The van der Waals surface area contributed by atoms with Gasteiger partial charge in [-0.15, -0.1) is 11.3 Å². The number of rotatable bonds is 4. The van der Waals surface area contributed by atoms with Crippen molar-refractivity contribution in [1.29, 1.82) is 0 Å². The summed E-state index contributed by atoms with van der Waals surface area (Å²) >= 11 is 4.90. The van der Waals surface area contributed by atoms with Gasteiger partial charge in [-0.05, 0) is 48.8 Å². The summed E-state index contributed by atoms with van der Waals surface area (Å²) in [6.45, 7) is 3.33. The van der Waals surface area contributed by atoms with E-state index in [1.54, 1.807) is 10.4 Å². The summed E-state index contributed by atoms with van der Waals surface area (Å²) in [5.41, 5.74) is 0. The molecule has 1 aromatic rings. The summed E-state index contributed by atoms with van der Waals surface area (Å²) in [5, 5.41) is 3.06. The van der Waals surface area contributed by atoms with Crippen molar-refractivity contribution < 1.29 is 8.42 Å². The molecule has 1 aliphatic rings. The summed E-state index contributed by atoms with van der Waals surface area (Å²) < 4.78 is 28.1. The van der Waals surface area contributed by atoms with E-state index in [2.05, 4.69) is 21.2 Å². The minimum absolute atomic E-state index is 0.0852. The molecule has 1 aromatic heterocycles. The van der Waals surface area contributed by atoms with E-state index >= 15 is 0 Å². The van der Waals surface area contributed by atoms with E-state index in [-0.39, 0.29) is 6.04 Å². The molecule has 0 aliphatic carbocycles. The van der Waals surface area contributed by atoms with Crippen molar-refractivity contribution in [2.75, 3.05) is 13.6 Å². The number of nitrogens with one attached hydrogen (secondary N) is 1. The van der Waals surface area contributed by atoms with Crippen molar-refractivity contribution in [3.05, 3.63) is 14.7 Å². The van der Waals surface area contributed by atoms with Gasteiger partial charge < -0.3 is 5.32 Å². The lowest BCUT2D eigenvalue weighted by Crippen LogP contribution is -2.38. The van der Waals surface area contributed by atoms with Gasteiger partial charge in [0.15, 0.2) is 0 Å². The Bertz CT molecular complexity index is 557. The van der Waals surface area contributed by atoms with Gasteiger partial charge in [-0.1, -0.05) is 12.8 Å². The van der Waals surface area contributed by atoms with Crippen molar-refractivity contribution in [3.8, 4) is 0 Å². The van der Waals surface area contributed by atoms with Gasteiger partial charge in [-0.25, -0.2) is 8.42 Å². The van der Waals surface area contributed by atoms with Gasteiger partial charge >= 0.3 is 0 Å². The fourth-order valence-electron chi connectivity index (χ4n) is 2.57. The fourth-order valence-corrected chi connectivity index (χ4v) is 6.91. The molecule has 1 aliphatic heterocycles. The van der Waals surface area contributed by atoms with E-state index in [9.17, 15) is 8.42 Å². The maximum atomic E-state index is 12.9. The van der Waals surface area contributed by atoms with Gasteiger partial charge in [0.1, 0.15) is 4.90 Å². The smallest absolute Gasteiger partial charge is 0.245 e. The highest BCUT2D eigenvalue weighted by Gasteiger charge is 2.32. The van der Waals surface area contributed by atoms with Gasteiger partial charge in [-0.3, -0.25) is 0 Å². The molecule has 2 heterocycles. The maximum Gasteiger partial charge on any atom is 0.245 e. The highest BCUT2D eigenvalue weighted by Crippen LogP contribution is 2.35. The average Bonchev–Trinajstić information content (AvgIpc) is 2.61. The minimum atomic E-state index is -3.39. The van der Waals surface area contributed by atoms with E-state index in [4.69, 9.17) is 0 Å². The molecule has 2 rings (SSSR count). The van der Waals surface area contributed by atoms with Crippen molar-refractivity contribution in [2.45, 2.75) is 50.1 Å². The first-order valence-corrected chi connectivity index (χ1v) is 9.96. The summed E-state index contributed by atoms with van der Waals surface area (Å²) in [5.74, 6) is 0. The molecule has 7 heteroatoms. The van der Waals surface area contributed by atoms with Gasteiger partial charge in [0.25, 0.3) is 0 Å². The van der Waals surface area contributed by atoms with Crippen LogP contribution in [0.3, 0.4) is 0 Å². The molecular formula is C13H21BrN2O2S2. The third-order valence-corrected chi connectivity index (χ3v) is 7.90. The Morgan fingerprint density at radius 2 is 2.20 bits per heavy atom. The zero-order valence-electron chi connectivity index (χ0n) is 11.9. The highest BCUT2D eigenvalue weighted by atomic mass is 79.9. The SMILES string of the molecule is CNCc1cc(S(=O)(=O)N2CCCCCC2C)c(Br)s1. The molecule has 0 radical (unpaired) electrons. The van der Waals surface area contributed by atoms with Crippen molar-refractivity contribution in [1.82, 2.24) is 9.62 Å². The molecule has 114 valence electrons. The number of hydrogen-bond acceptors (Lipinski definition) is 4. The summed E-state index contributed by atoms with van der Waals surface area (Å²) in [6, 6.07) is 1.88. The van der Waals surface area contributed by atoms with Gasteiger partial charge in [0.05, 0.1) is 3.79 Å². The lowest BCUT2D eigenvalue weighted by Gasteiger charge is -2.25.